The first-order valence-electron chi connectivity index (χ1n) is 19.0. The van der Waals surface area contributed by atoms with Crippen molar-refractivity contribution in [3.05, 3.63) is 199 Å². The zero-order valence-corrected chi connectivity index (χ0v) is 30.7. The molecule has 2 heterocycles. The number of nitrogens with zero attached hydrogens (tertiary/aromatic N) is 2. The molecule has 0 saturated heterocycles. The van der Waals surface area contributed by atoms with Gasteiger partial charge in [-0.2, -0.15) is 0 Å². The summed E-state index contributed by atoms with van der Waals surface area (Å²) in [7, 11) is 0. The van der Waals surface area contributed by atoms with Crippen molar-refractivity contribution in [3.8, 4) is 27.9 Å². The van der Waals surface area contributed by atoms with Gasteiger partial charge < -0.3 is 10.3 Å². The fourth-order valence-corrected chi connectivity index (χ4v) is 8.60. The minimum Gasteiger partial charge on any atom is -0.405 e. The molecule has 10 rings (SSSR count). The Balaban J connectivity index is 1.06. The summed E-state index contributed by atoms with van der Waals surface area (Å²) in [5.74, 6) is 0. The van der Waals surface area contributed by atoms with Crippen LogP contribution in [0.1, 0.15) is 35.6 Å². The minimum atomic E-state index is 0.982. The van der Waals surface area contributed by atoms with Crippen LogP contribution in [0.5, 0.6) is 0 Å². The maximum atomic E-state index is 5.72. The van der Waals surface area contributed by atoms with E-state index in [1.165, 1.54) is 93.6 Å². The molecule has 2 N–H and O–H groups in total. The molecule has 3 nitrogen and oxygen atoms in total. The summed E-state index contributed by atoms with van der Waals surface area (Å²) in [6.45, 7) is 2.04. The van der Waals surface area contributed by atoms with E-state index in [0.717, 1.165) is 24.0 Å². The molecule has 0 spiro atoms. The smallest absolute Gasteiger partial charge is 0.0579 e. The minimum absolute atomic E-state index is 0.982. The van der Waals surface area contributed by atoms with Crippen LogP contribution < -0.4 is 5.73 Å². The number of hydrogen-bond donors (Lipinski definition) is 1. The van der Waals surface area contributed by atoms with Crippen LogP contribution in [0.3, 0.4) is 0 Å². The van der Waals surface area contributed by atoms with Crippen LogP contribution in [0.4, 0.5) is 0 Å². The first kappa shape index (κ1) is 32.7. The maximum Gasteiger partial charge on any atom is 0.0579 e. The van der Waals surface area contributed by atoms with Gasteiger partial charge in [-0.05, 0) is 164 Å². The summed E-state index contributed by atoms with van der Waals surface area (Å²) >= 11 is 0. The van der Waals surface area contributed by atoms with Crippen LogP contribution >= 0.6 is 0 Å². The lowest BCUT2D eigenvalue weighted by atomic mass is 9.86. The Bertz CT molecular complexity index is 3030. The van der Waals surface area contributed by atoms with Crippen LogP contribution in [-0.4, -0.2) is 9.55 Å². The number of rotatable bonds is 6. The Morgan fingerprint density at radius 3 is 1.98 bits per heavy atom. The molecule has 0 radical (unpaired) electrons. The molecule has 0 fully saturated rings. The number of aryl methyl sites for hydroxylation is 1. The second kappa shape index (κ2) is 13.5. The molecule has 0 saturated carbocycles. The molecule has 1 aliphatic rings. The van der Waals surface area contributed by atoms with Gasteiger partial charge in [-0.15, -0.1) is 0 Å². The average molecular weight is 706 g/mol. The highest BCUT2D eigenvalue weighted by Gasteiger charge is 2.21. The third-order valence-corrected chi connectivity index (χ3v) is 11.4. The average Bonchev–Trinajstić information content (AvgIpc) is 3.59. The van der Waals surface area contributed by atoms with Gasteiger partial charge in [0, 0.05) is 28.9 Å². The third-order valence-electron chi connectivity index (χ3n) is 11.4. The number of benzene rings is 7. The van der Waals surface area contributed by atoms with E-state index >= 15 is 0 Å². The van der Waals surface area contributed by atoms with Crippen LogP contribution in [-0.2, 0) is 6.42 Å². The predicted molar refractivity (Wildman–Crippen MR) is 234 cm³/mol. The Hall–Kier alpha value is -6.97. The molecule has 1 aliphatic carbocycles. The van der Waals surface area contributed by atoms with Gasteiger partial charge in [0.1, 0.15) is 0 Å². The fourth-order valence-electron chi connectivity index (χ4n) is 8.60. The fraction of sp³-hybridized carbons (Fsp3) is 0.0577. The molecule has 7 aromatic carbocycles. The van der Waals surface area contributed by atoms with Crippen molar-refractivity contribution in [1.29, 1.82) is 0 Å². The quantitative estimate of drug-likeness (QED) is 0.175. The van der Waals surface area contributed by atoms with Crippen molar-refractivity contribution in [1.82, 2.24) is 9.55 Å². The van der Waals surface area contributed by atoms with Gasteiger partial charge in [0.05, 0.1) is 11.0 Å². The van der Waals surface area contributed by atoms with Gasteiger partial charge in [0.25, 0.3) is 0 Å². The van der Waals surface area contributed by atoms with Crippen LogP contribution in [0.15, 0.2) is 176 Å². The Morgan fingerprint density at radius 2 is 1.24 bits per heavy atom. The van der Waals surface area contributed by atoms with Crippen molar-refractivity contribution in [2.24, 2.45) is 5.73 Å². The summed E-state index contributed by atoms with van der Waals surface area (Å²) in [4.78, 5) is 4.18. The number of para-hydroxylation sites is 1. The maximum absolute atomic E-state index is 5.72. The second-order valence-corrected chi connectivity index (χ2v) is 14.5. The van der Waals surface area contributed by atoms with Crippen LogP contribution in [0.2, 0.25) is 0 Å². The van der Waals surface area contributed by atoms with Crippen molar-refractivity contribution in [2.75, 3.05) is 0 Å². The molecule has 0 bridgehead atoms. The highest BCUT2D eigenvalue weighted by Crippen LogP contribution is 2.42. The van der Waals surface area contributed by atoms with Crippen molar-refractivity contribution >= 4 is 60.6 Å². The van der Waals surface area contributed by atoms with Gasteiger partial charge in [-0.3, -0.25) is 4.98 Å². The van der Waals surface area contributed by atoms with E-state index in [1.54, 1.807) is 6.20 Å². The highest BCUT2D eigenvalue weighted by molar-refractivity contribution is 6.12. The Morgan fingerprint density at radius 1 is 0.600 bits per heavy atom. The number of fused-ring (bicyclic) bond motifs is 7. The van der Waals surface area contributed by atoms with E-state index in [0.29, 0.717) is 0 Å². The molecule has 262 valence electrons. The molecular formula is C52H39N3. The number of nitrogens with two attached hydrogens (primary N) is 1. The molecular weight excluding hydrogens is 667 g/mol. The zero-order valence-electron chi connectivity index (χ0n) is 30.7. The summed E-state index contributed by atoms with van der Waals surface area (Å²) in [5, 5.41) is 7.52. The largest absolute Gasteiger partial charge is 0.405 e. The SMILES string of the molecule is C/C=C(\C=C/N)c1ccc2cc(-c3ccc4c5ccc6c(c5n(-c5ccccc5)c4c3)CCC(c3ccc4cc(-c5ccncc5)ccc4c3)=C6)ccc2c1. The van der Waals surface area contributed by atoms with E-state index in [-0.39, 0.29) is 0 Å². The van der Waals surface area contributed by atoms with E-state index in [2.05, 4.69) is 167 Å². The molecule has 3 heteroatoms. The van der Waals surface area contributed by atoms with Gasteiger partial charge >= 0.3 is 0 Å². The molecule has 0 unspecified atom stereocenters. The van der Waals surface area contributed by atoms with Gasteiger partial charge in [-0.1, -0.05) is 103 Å². The Kier molecular flexibility index (Phi) is 8.00. The first-order valence-corrected chi connectivity index (χ1v) is 19.0. The number of pyridine rings is 1. The first-order chi connectivity index (χ1) is 27.1. The molecule has 0 aliphatic heterocycles. The van der Waals surface area contributed by atoms with Crippen molar-refractivity contribution in [3.63, 3.8) is 0 Å². The lowest BCUT2D eigenvalue weighted by Crippen LogP contribution is -2.03. The standard InChI is InChI=1S/C52H39N3/c1-2-34(22-25-53)36-8-10-40-31-43(15-14-38(40)28-36)45-17-20-49-50-21-18-46-32-44(16-19-48(46)52(50)55(51(49)33-45)47-6-4-3-5-7-47)42-13-12-39-29-37(9-11-41(39)30-42)35-23-26-54-27-24-35/h2-15,17-18,20-33H,16,19,53H2,1H3/b25-22-,34-2+. The van der Waals surface area contributed by atoms with Crippen molar-refractivity contribution < 1.29 is 0 Å². The van der Waals surface area contributed by atoms with Crippen LogP contribution in [0.25, 0.3) is 88.5 Å². The Labute approximate surface area is 321 Å². The van der Waals surface area contributed by atoms with E-state index in [9.17, 15) is 0 Å². The van der Waals surface area contributed by atoms with E-state index < -0.39 is 0 Å². The van der Waals surface area contributed by atoms with Gasteiger partial charge in [-0.25, -0.2) is 0 Å². The number of aromatic nitrogens is 2. The molecule has 55 heavy (non-hydrogen) atoms. The molecule has 0 atom stereocenters. The second-order valence-electron chi connectivity index (χ2n) is 14.5. The summed E-state index contributed by atoms with van der Waals surface area (Å²) in [6.07, 6.45) is 13.8. The summed E-state index contributed by atoms with van der Waals surface area (Å²) in [5.41, 5.74) is 21.9. The molecule has 9 aromatic rings. The third kappa shape index (κ3) is 5.73. The number of hydrogen-bond acceptors (Lipinski definition) is 2. The summed E-state index contributed by atoms with van der Waals surface area (Å²) in [6, 6.07) is 53.7. The predicted octanol–water partition coefficient (Wildman–Crippen LogP) is 13.2. The van der Waals surface area contributed by atoms with E-state index in [4.69, 9.17) is 5.73 Å². The highest BCUT2D eigenvalue weighted by atomic mass is 15.0. The van der Waals surface area contributed by atoms with Crippen molar-refractivity contribution in [2.45, 2.75) is 19.8 Å². The summed E-state index contributed by atoms with van der Waals surface area (Å²) < 4.78 is 2.50. The normalized spacial score (nSPS) is 13.3. The monoisotopic (exact) mass is 705 g/mol. The van der Waals surface area contributed by atoms with E-state index in [1.807, 2.05) is 25.4 Å². The van der Waals surface area contributed by atoms with Crippen LogP contribution in [0, 0.1) is 0 Å². The molecule has 2 aromatic heterocycles. The van der Waals surface area contributed by atoms with Gasteiger partial charge in [0.2, 0.25) is 0 Å². The topological polar surface area (TPSA) is 43.8 Å². The number of allylic oxidation sites excluding steroid dienone is 4. The molecule has 0 amide bonds. The zero-order chi connectivity index (χ0) is 36.9. The van der Waals surface area contributed by atoms with Gasteiger partial charge in [0.15, 0.2) is 0 Å². The lowest BCUT2D eigenvalue weighted by Gasteiger charge is -2.20. The lowest BCUT2D eigenvalue weighted by molar-refractivity contribution is 0.999.